The molecule has 3 nitrogen and oxygen atoms in total. The minimum absolute atomic E-state index is 0.0571. The summed E-state index contributed by atoms with van der Waals surface area (Å²) in [6.07, 6.45) is 1.94. The summed E-state index contributed by atoms with van der Waals surface area (Å²) in [5.74, 6) is -0.195. The number of aromatic nitrogens is 2. The van der Waals surface area contributed by atoms with Gasteiger partial charge in [0, 0.05) is 22.8 Å². The van der Waals surface area contributed by atoms with Gasteiger partial charge in [0.15, 0.2) is 0 Å². The molecule has 0 saturated heterocycles. The summed E-state index contributed by atoms with van der Waals surface area (Å²) in [6, 6.07) is 9.04. The van der Waals surface area contributed by atoms with E-state index in [1.54, 1.807) is 22.1 Å². The van der Waals surface area contributed by atoms with E-state index in [9.17, 15) is 4.39 Å². The maximum atomic E-state index is 13.3. The molecule has 20 heavy (non-hydrogen) atoms. The zero-order valence-corrected chi connectivity index (χ0v) is 12.2. The number of hydrogen-bond donors (Lipinski definition) is 1. The molecule has 1 atom stereocenters. The number of benzene rings is 1. The summed E-state index contributed by atoms with van der Waals surface area (Å²) in [5, 5.41) is 8.87. The number of hydrogen-bond acceptors (Lipinski definition) is 3. The van der Waals surface area contributed by atoms with E-state index in [1.165, 1.54) is 6.07 Å². The third-order valence-corrected chi connectivity index (χ3v) is 4.40. The number of fused-ring (bicyclic) bond motifs is 1. The van der Waals surface area contributed by atoms with Crippen LogP contribution in [0.4, 0.5) is 4.39 Å². The number of aryl methyl sites for hydroxylation is 1. The Morgan fingerprint density at radius 1 is 1.35 bits per heavy atom. The summed E-state index contributed by atoms with van der Waals surface area (Å²) in [6.45, 7) is 2.92. The quantitative estimate of drug-likeness (QED) is 0.797. The van der Waals surface area contributed by atoms with Crippen molar-refractivity contribution in [3.8, 4) is 0 Å². The Labute approximate surface area is 121 Å². The second-order valence-corrected chi connectivity index (χ2v) is 5.85. The molecule has 0 fully saturated rings. The number of rotatable bonds is 4. The van der Waals surface area contributed by atoms with Gasteiger partial charge in [0.2, 0.25) is 0 Å². The van der Waals surface area contributed by atoms with Gasteiger partial charge in [-0.1, -0.05) is 6.92 Å². The van der Waals surface area contributed by atoms with Crippen LogP contribution in [0.25, 0.3) is 10.1 Å². The zero-order chi connectivity index (χ0) is 14.1. The lowest BCUT2D eigenvalue weighted by atomic mass is 10.1. The monoisotopic (exact) mass is 289 g/mol. The highest BCUT2D eigenvalue weighted by molar-refractivity contribution is 7.19. The highest BCUT2D eigenvalue weighted by atomic mass is 32.1. The second kappa shape index (κ2) is 5.34. The third-order valence-electron chi connectivity index (χ3n) is 3.22. The van der Waals surface area contributed by atoms with Crippen LogP contribution in [0.2, 0.25) is 0 Å². The first-order chi connectivity index (χ1) is 9.67. The van der Waals surface area contributed by atoms with Gasteiger partial charge in [-0.05, 0) is 42.3 Å². The summed E-state index contributed by atoms with van der Waals surface area (Å²) in [4.78, 5) is 1.16. The number of nitrogens with one attached hydrogen (secondary N) is 1. The van der Waals surface area contributed by atoms with Gasteiger partial charge in [0.25, 0.3) is 0 Å². The standard InChI is InChI=1S/C15H16FN3S/c1-3-17-15(12-6-7-19(2)18-12)14-9-10-8-11(16)4-5-13(10)20-14/h4-9,15,17H,3H2,1-2H3. The van der Waals surface area contributed by atoms with E-state index >= 15 is 0 Å². The highest BCUT2D eigenvalue weighted by Crippen LogP contribution is 2.33. The van der Waals surface area contributed by atoms with E-state index < -0.39 is 0 Å². The Kier molecular flexibility index (Phi) is 3.54. The van der Waals surface area contributed by atoms with Crippen molar-refractivity contribution in [3.63, 3.8) is 0 Å². The Hall–Kier alpha value is -1.72. The van der Waals surface area contributed by atoms with Crippen LogP contribution in [0.1, 0.15) is 23.5 Å². The van der Waals surface area contributed by atoms with Gasteiger partial charge < -0.3 is 5.32 Å². The fourth-order valence-electron chi connectivity index (χ4n) is 2.32. The van der Waals surface area contributed by atoms with Crippen LogP contribution < -0.4 is 5.32 Å². The second-order valence-electron chi connectivity index (χ2n) is 4.74. The smallest absolute Gasteiger partial charge is 0.123 e. The van der Waals surface area contributed by atoms with Crippen molar-refractivity contribution in [2.75, 3.05) is 6.54 Å². The lowest BCUT2D eigenvalue weighted by Crippen LogP contribution is -2.21. The van der Waals surface area contributed by atoms with Crippen molar-refractivity contribution >= 4 is 21.4 Å². The molecule has 1 N–H and O–H groups in total. The van der Waals surface area contributed by atoms with Gasteiger partial charge in [-0.15, -0.1) is 11.3 Å². The predicted octanol–water partition coefficient (Wildman–Crippen LogP) is 3.47. The first kappa shape index (κ1) is 13.3. The van der Waals surface area contributed by atoms with E-state index in [1.807, 2.05) is 31.4 Å². The molecule has 2 heterocycles. The molecule has 0 aliphatic heterocycles. The van der Waals surface area contributed by atoms with Crippen LogP contribution in [0.3, 0.4) is 0 Å². The van der Waals surface area contributed by atoms with Crippen LogP contribution in [0.5, 0.6) is 0 Å². The highest BCUT2D eigenvalue weighted by Gasteiger charge is 2.18. The Morgan fingerprint density at radius 3 is 2.90 bits per heavy atom. The Balaban J connectivity index is 2.04. The number of halogens is 1. The summed E-state index contributed by atoms with van der Waals surface area (Å²) >= 11 is 1.68. The predicted molar refractivity (Wildman–Crippen MR) is 80.5 cm³/mol. The molecular weight excluding hydrogens is 273 g/mol. The zero-order valence-electron chi connectivity index (χ0n) is 11.4. The molecule has 1 unspecified atom stereocenters. The fourth-order valence-corrected chi connectivity index (χ4v) is 3.45. The lowest BCUT2D eigenvalue weighted by Gasteiger charge is -2.13. The summed E-state index contributed by atoms with van der Waals surface area (Å²) < 4.78 is 16.2. The van der Waals surface area contributed by atoms with Gasteiger partial charge in [-0.25, -0.2) is 4.39 Å². The van der Waals surface area contributed by atoms with Crippen LogP contribution in [0.15, 0.2) is 36.5 Å². The maximum Gasteiger partial charge on any atom is 0.123 e. The van der Waals surface area contributed by atoms with Crippen LogP contribution in [0, 0.1) is 5.82 Å². The molecule has 3 aromatic rings. The number of thiophene rings is 1. The minimum Gasteiger partial charge on any atom is -0.305 e. The average Bonchev–Trinajstić information content (AvgIpc) is 3.01. The first-order valence-electron chi connectivity index (χ1n) is 6.59. The third kappa shape index (κ3) is 2.46. The molecule has 2 aromatic heterocycles. The van der Waals surface area contributed by atoms with E-state index in [2.05, 4.69) is 17.3 Å². The van der Waals surface area contributed by atoms with Crippen LogP contribution in [-0.4, -0.2) is 16.3 Å². The molecule has 0 amide bonds. The molecule has 3 rings (SSSR count). The van der Waals surface area contributed by atoms with Crippen molar-refractivity contribution < 1.29 is 4.39 Å². The van der Waals surface area contributed by atoms with Gasteiger partial charge in [0.05, 0.1) is 11.7 Å². The Bertz CT molecular complexity index is 732. The largest absolute Gasteiger partial charge is 0.305 e. The van der Waals surface area contributed by atoms with E-state index in [-0.39, 0.29) is 11.9 Å². The van der Waals surface area contributed by atoms with Crippen molar-refractivity contribution in [1.82, 2.24) is 15.1 Å². The van der Waals surface area contributed by atoms with Gasteiger partial charge in [0.1, 0.15) is 5.82 Å². The molecule has 0 saturated carbocycles. The summed E-state index contributed by atoms with van der Waals surface area (Å²) in [7, 11) is 1.91. The first-order valence-corrected chi connectivity index (χ1v) is 7.41. The Morgan fingerprint density at radius 2 is 2.20 bits per heavy atom. The van der Waals surface area contributed by atoms with Crippen molar-refractivity contribution in [2.45, 2.75) is 13.0 Å². The normalized spacial score (nSPS) is 12.9. The van der Waals surface area contributed by atoms with Crippen molar-refractivity contribution in [3.05, 3.63) is 52.9 Å². The van der Waals surface area contributed by atoms with Gasteiger partial charge in [-0.2, -0.15) is 5.10 Å². The molecule has 0 aliphatic carbocycles. The van der Waals surface area contributed by atoms with E-state index in [0.29, 0.717) is 0 Å². The van der Waals surface area contributed by atoms with Gasteiger partial charge in [-0.3, -0.25) is 4.68 Å². The molecule has 5 heteroatoms. The number of nitrogens with zero attached hydrogens (tertiary/aromatic N) is 2. The molecule has 1 aromatic carbocycles. The van der Waals surface area contributed by atoms with E-state index in [4.69, 9.17) is 0 Å². The average molecular weight is 289 g/mol. The SMILES string of the molecule is CCNC(c1ccn(C)n1)c1cc2cc(F)ccc2s1. The molecule has 0 bridgehead atoms. The van der Waals surface area contributed by atoms with Crippen LogP contribution >= 0.6 is 11.3 Å². The van der Waals surface area contributed by atoms with Crippen molar-refractivity contribution in [1.29, 1.82) is 0 Å². The molecule has 104 valence electrons. The minimum atomic E-state index is -0.195. The lowest BCUT2D eigenvalue weighted by molar-refractivity contribution is 0.607. The maximum absolute atomic E-state index is 13.3. The molecule has 0 radical (unpaired) electrons. The molecular formula is C15H16FN3S. The van der Waals surface area contributed by atoms with Gasteiger partial charge >= 0.3 is 0 Å². The van der Waals surface area contributed by atoms with Crippen molar-refractivity contribution in [2.24, 2.45) is 7.05 Å². The fraction of sp³-hybridized carbons (Fsp3) is 0.267. The van der Waals surface area contributed by atoms with Crippen LogP contribution in [-0.2, 0) is 7.05 Å². The topological polar surface area (TPSA) is 29.9 Å². The van der Waals surface area contributed by atoms with E-state index in [0.717, 1.165) is 27.2 Å². The summed E-state index contributed by atoms with van der Waals surface area (Å²) in [5.41, 5.74) is 0.987. The molecule has 0 spiro atoms. The molecule has 0 aliphatic rings.